The monoisotopic (exact) mass is 579 g/mol. The lowest BCUT2D eigenvalue weighted by atomic mass is 9.95. The third-order valence-corrected chi connectivity index (χ3v) is 8.01. The molecule has 2 aliphatic heterocycles. The van der Waals surface area contributed by atoms with Crippen LogP contribution in [-0.2, 0) is 22.3 Å². The average molecular weight is 580 g/mol. The van der Waals surface area contributed by atoms with E-state index in [2.05, 4.69) is 5.32 Å². The first-order valence-corrected chi connectivity index (χ1v) is 13.8. The number of rotatable bonds is 5. The molecule has 1 spiro atoms. The van der Waals surface area contributed by atoms with Gasteiger partial charge in [-0.2, -0.15) is 13.2 Å². The quantitative estimate of drug-likeness (QED) is 0.456. The Morgan fingerprint density at radius 2 is 1.62 bits per heavy atom. The summed E-state index contributed by atoms with van der Waals surface area (Å²) < 4.78 is 45.7. The fraction of sp³-hybridized carbons (Fsp3) is 0.344. The molecule has 1 atom stereocenters. The first-order chi connectivity index (χ1) is 20.0. The largest absolute Gasteiger partial charge is 0.416 e. The van der Waals surface area contributed by atoms with Crippen LogP contribution in [0.15, 0.2) is 72.8 Å². The highest BCUT2D eigenvalue weighted by molar-refractivity contribution is 5.99. The molecule has 2 fully saturated rings. The lowest BCUT2D eigenvalue weighted by Gasteiger charge is -2.44. The fourth-order valence-corrected chi connectivity index (χ4v) is 5.61. The van der Waals surface area contributed by atoms with E-state index < -0.39 is 29.4 Å². The number of carbonyl (C=O) groups is 3. The highest BCUT2D eigenvalue weighted by atomic mass is 19.4. The molecular weight excluding hydrogens is 547 g/mol. The molecule has 1 N–H and O–H groups in total. The third-order valence-electron chi connectivity index (χ3n) is 8.01. The maximum Gasteiger partial charge on any atom is 0.416 e. The number of hydrogen-bond donors (Lipinski definition) is 1. The minimum atomic E-state index is -4.50. The average Bonchev–Trinajstić information content (AvgIpc) is 3.34. The second-order valence-corrected chi connectivity index (χ2v) is 10.8. The molecular formula is C32H32F3N3O4. The van der Waals surface area contributed by atoms with Crippen LogP contribution in [0, 0.1) is 13.8 Å². The van der Waals surface area contributed by atoms with Crippen LogP contribution >= 0.6 is 0 Å². The minimum Gasteiger partial charge on any atom is -0.353 e. The van der Waals surface area contributed by atoms with E-state index in [1.54, 1.807) is 23.1 Å². The zero-order chi connectivity index (χ0) is 30.1. The zero-order valence-electron chi connectivity index (χ0n) is 23.4. The SMILES string of the molecule is Cc1ccc(C(=O)N2[C@H](C(=O)NCc3cccc(C(F)(F)F)c3)COC23CCN(C(=O)c2ccccc2C)CC3)cc1. The summed E-state index contributed by atoms with van der Waals surface area (Å²) in [4.78, 5) is 43.8. The van der Waals surface area contributed by atoms with Crippen molar-refractivity contribution in [1.29, 1.82) is 0 Å². The number of carbonyl (C=O) groups excluding carboxylic acids is 3. The van der Waals surface area contributed by atoms with E-state index in [4.69, 9.17) is 4.74 Å². The molecule has 0 bridgehead atoms. The summed E-state index contributed by atoms with van der Waals surface area (Å²) in [5, 5.41) is 2.70. The minimum absolute atomic E-state index is 0.0717. The Hall–Kier alpha value is -4.18. The van der Waals surface area contributed by atoms with E-state index in [9.17, 15) is 27.6 Å². The van der Waals surface area contributed by atoms with E-state index >= 15 is 0 Å². The molecule has 3 aromatic carbocycles. The van der Waals surface area contributed by atoms with Crippen LogP contribution in [0.2, 0.25) is 0 Å². The predicted molar refractivity (Wildman–Crippen MR) is 149 cm³/mol. The van der Waals surface area contributed by atoms with Crippen molar-refractivity contribution in [2.75, 3.05) is 19.7 Å². The van der Waals surface area contributed by atoms with Crippen molar-refractivity contribution in [3.63, 3.8) is 0 Å². The van der Waals surface area contributed by atoms with Crippen molar-refractivity contribution in [1.82, 2.24) is 15.1 Å². The zero-order valence-corrected chi connectivity index (χ0v) is 23.4. The summed E-state index contributed by atoms with van der Waals surface area (Å²) in [6.07, 6.45) is -3.89. The van der Waals surface area contributed by atoms with Gasteiger partial charge in [-0.15, -0.1) is 0 Å². The number of nitrogens with zero attached hydrogens (tertiary/aromatic N) is 2. The van der Waals surface area contributed by atoms with Gasteiger partial charge in [0.2, 0.25) is 5.91 Å². The lowest BCUT2D eigenvalue weighted by molar-refractivity contribution is -0.137. The summed E-state index contributed by atoms with van der Waals surface area (Å²) in [6.45, 7) is 4.21. The van der Waals surface area contributed by atoms with Gasteiger partial charge in [0, 0.05) is 43.6 Å². The molecule has 7 nitrogen and oxygen atoms in total. The van der Waals surface area contributed by atoms with Gasteiger partial charge in [-0.1, -0.05) is 48.0 Å². The Bertz CT molecular complexity index is 1480. The van der Waals surface area contributed by atoms with Crippen LogP contribution in [0.4, 0.5) is 13.2 Å². The van der Waals surface area contributed by atoms with Gasteiger partial charge >= 0.3 is 6.18 Å². The van der Waals surface area contributed by atoms with E-state index in [1.165, 1.54) is 17.0 Å². The van der Waals surface area contributed by atoms with Gasteiger partial charge in [0.15, 0.2) is 0 Å². The Morgan fingerprint density at radius 1 is 0.929 bits per heavy atom. The number of ether oxygens (including phenoxy) is 1. The van der Waals surface area contributed by atoms with Gasteiger partial charge in [0.25, 0.3) is 11.8 Å². The van der Waals surface area contributed by atoms with Crippen LogP contribution in [0.3, 0.4) is 0 Å². The van der Waals surface area contributed by atoms with E-state index in [0.717, 1.165) is 23.3 Å². The molecule has 42 heavy (non-hydrogen) atoms. The molecule has 0 aliphatic carbocycles. The summed E-state index contributed by atoms with van der Waals surface area (Å²) in [5.41, 5.74) is 1.21. The molecule has 3 amide bonds. The number of piperidine rings is 1. The summed E-state index contributed by atoms with van der Waals surface area (Å²) in [5.74, 6) is -1.01. The molecule has 2 saturated heterocycles. The highest BCUT2D eigenvalue weighted by Crippen LogP contribution is 2.39. The maximum atomic E-state index is 13.9. The molecule has 0 radical (unpaired) electrons. The Morgan fingerprint density at radius 3 is 2.29 bits per heavy atom. The van der Waals surface area contributed by atoms with Gasteiger partial charge in [-0.3, -0.25) is 19.3 Å². The normalized spacial score (nSPS) is 18.3. The molecule has 0 aromatic heterocycles. The molecule has 0 unspecified atom stereocenters. The van der Waals surface area contributed by atoms with Crippen molar-refractivity contribution in [2.24, 2.45) is 0 Å². The molecule has 2 aliphatic rings. The fourth-order valence-electron chi connectivity index (χ4n) is 5.61. The second kappa shape index (κ2) is 11.6. The Kier molecular flexibility index (Phi) is 8.10. The lowest BCUT2D eigenvalue weighted by Crippen LogP contribution is -2.59. The van der Waals surface area contributed by atoms with Gasteiger partial charge in [0.05, 0.1) is 12.2 Å². The summed E-state index contributed by atoms with van der Waals surface area (Å²) >= 11 is 0. The van der Waals surface area contributed by atoms with Crippen molar-refractivity contribution >= 4 is 17.7 Å². The van der Waals surface area contributed by atoms with Crippen LogP contribution in [0.5, 0.6) is 0 Å². The standard InChI is InChI=1S/C32H32F3N3O4/c1-21-10-12-24(13-11-21)29(40)38-27(28(39)36-19-23-7-5-8-25(18-23)32(33,34)35)20-42-31(38)14-16-37(17-15-31)30(41)26-9-4-3-6-22(26)2/h3-13,18,27H,14-17,19-20H2,1-2H3,(H,36,39)/t27-/m0/s1. The smallest absolute Gasteiger partial charge is 0.353 e. The summed E-state index contributed by atoms with van der Waals surface area (Å²) in [7, 11) is 0. The van der Waals surface area contributed by atoms with Crippen molar-refractivity contribution in [3.8, 4) is 0 Å². The van der Waals surface area contributed by atoms with E-state index in [-0.39, 0.29) is 30.5 Å². The second-order valence-electron chi connectivity index (χ2n) is 10.8. The number of hydrogen-bond acceptors (Lipinski definition) is 4. The molecule has 10 heteroatoms. The number of benzene rings is 3. The van der Waals surface area contributed by atoms with E-state index in [1.807, 2.05) is 44.2 Å². The van der Waals surface area contributed by atoms with Crippen molar-refractivity contribution < 1.29 is 32.3 Å². The van der Waals surface area contributed by atoms with Gasteiger partial charge in [0.1, 0.15) is 11.8 Å². The highest BCUT2D eigenvalue weighted by Gasteiger charge is 2.54. The number of halogens is 3. The maximum absolute atomic E-state index is 13.9. The molecule has 0 saturated carbocycles. The molecule has 220 valence electrons. The van der Waals surface area contributed by atoms with Gasteiger partial charge in [-0.05, 0) is 55.3 Å². The molecule has 5 rings (SSSR count). The predicted octanol–water partition coefficient (Wildman–Crippen LogP) is 5.11. The molecule has 2 heterocycles. The Labute approximate surface area is 242 Å². The van der Waals surface area contributed by atoms with Crippen molar-refractivity contribution in [3.05, 3.63) is 106 Å². The first-order valence-electron chi connectivity index (χ1n) is 13.8. The topological polar surface area (TPSA) is 79.0 Å². The van der Waals surface area contributed by atoms with Crippen LogP contribution in [-0.4, -0.2) is 59.0 Å². The van der Waals surface area contributed by atoms with Gasteiger partial charge < -0.3 is 15.0 Å². The van der Waals surface area contributed by atoms with Crippen LogP contribution in [0.1, 0.15) is 55.8 Å². The van der Waals surface area contributed by atoms with E-state index in [0.29, 0.717) is 37.1 Å². The number of likely N-dealkylation sites (tertiary alicyclic amines) is 1. The third kappa shape index (κ3) is 5.90. The van der Waals surface area contributed by atoms with Crippen LogP contribution < -0.4 is 5.32 Å². The Balaban J connectivity index is 1.36. The van der Waals surface area contributed by atoms with Crippen molar-refractivity contribution in [2.45, 2.75) is 51.2 Å². The number of nitrogens with one attached hydrogen (secondary N) is 1. The number of aryl methyl sites for hydroxylation is 2. The van der Waals surface area contributed by atoms with Gasteiger partial charge in [-0.25, -0.2) is 0 Å². The summed E-state index contributed by atoms with van der Waals surface area (Å²) in [6, 6.07) is 18.1. The number of amides is 3. The van der Waals surface area contributed by atoms with Crippen LogP contribution in [0.25, 0.3) is 0 Å². The molecule has 3 aromatic rings. The first kappa shape index (κ1) is 29.3. The number of alkyl halides is 3.